The third-order valence-electron chi connectivity index (χ3n) is 14.5. The van der Waals surface area contributed by atoms with Crippen LogP contribution in [0.4, 0.5) is 0 Å². The van der Waals surface area contributed by atoms with Crippen LogP contribution in [-0.2, 0) is 33.5 Å². The number of nitrogens with zero attached hydrogens (tertiary/aromatic N) is 2. The second-order valence-electron chi connectivity index (χ2n) is 20.5. The Labute approximate surface area is 462 Å². The van der Waals surface area contributed by atoms with Gasteiger partial charge >= 0.3 is 0 Å². The van der Waals surface area contributed by atoms with E-state index in [1.807, 2.05) is 6.07 Å². The van der Waals surface area contributed by atoms with Gasteiger partial charge in [-0.3, -0.25) is 33.6 Å². The predicted octanol–water partition coefficient (Wildman–Crippen LogP) is -3.26. The quantitative estimate of drug-likeness (QED) is 0.0524. The van der Waals surface area contributed by atoms with Crippen LogP contribution in [-0.4, -0.2) is 210 Å². The minimum absolute atomic E-state index is 0.0425. The number of amides is 7. The zero-order valence-electron chi connectivity index (χ0n) is 44.8. The molecule has 3 aliphatic rings. The molecular formula is C54H77N9O17. The summed E-state index contributed by atoms with van der Waals surface area (Å²) in [4.78, 5) is 103. The molecule has 3 aromatic carbocycles. The van der Waals surface area contributed by atoms with Crippen molar-refractivity contribution in [2.75, 3.05) is 39.4 Å². The normalized spacial score (nSPS) is 27.1. The van der Waals surface area contributed by atoms with Crippen molar-refractivity contribution in [3.8, 4) is 11.5 Å². The minimum atomic E-state index is -2.31. The van der Waals surface area contributed by atoms with E-state index in [1.165, 1.54) is 18.2 Å². The first kappa shape index (κ1) is 62.6. The number of carbonyl (C=O) groups excluding carboxylic acids is 7. The summed E-state index contributed by atoms with van der Waals surface area (Å²) < 4.78 is 11.7. The van der Waals surface area contributed by atoms with Crippen molar-refractivity contribution in [2.24, 2.45) is 11.5 Å². The van der Waals surface area contributed by atoms with Gasteiger partial charge in [0.05, 0.1) is 37.6 Å². The van der Waals surface area contributed by atoms with Crippen molar-refractivity contribution in [2.45, 2.75) is 157 Å². The van der Waals surface area contributed by atoms with Gasteiger partial charge in [-0.05, 0) is 85.5 Å². The number of fused-ring (bicyclic) bond motifs is 3. The summed E-state index contributed by atoms with van der Waals surface area (Å²) in [7, 11) is 0. The number of carbonyl (C=O) groups is 7. The van der Waals surface area contributed by atoms with E-state index >= 15 is 0 Å². The molecule has 3 aromatic rings. The first-order valence-corrected chi connectivity index (χ1v) is 27.0. The van der Waals surface area contributed by atoms with Crippen LogP contribution in [0.3, 0.4) is 0 Å². The molecular weight excluding hydrogens is 1050 g/mol. The lowest BCUT2D eigenvalue weighted by Gasteiger charge is -2.35. The highest BCUT2D eigenvalue weighted by Gasteiger charge is 2.49. The molecule has 3 heterocycles. The number of aromatic hydroxyl groups is 1. The van der Waals surface area contributed by atoms with Gasteiger partial charge in [0.15, 0.2) is 6.23 Å². The molecule has 14 atom stereocenters. The largest absolute Gasteiger partial charge is 0.508 e. The Balaban J connectivity index is 1.39. The zero-order chi connectivity index (χ0) is 58.4. The van der Waals surface area contributed by atoms with Crippen molar-refractivity contribution < 1.29 is 83.9 Å². The van der Waals surface area contributed by atoms with E-state index in [2.05, 4.69) is 33.5 Å². The molecule has 80 heavy (non-hydrogen) atoms. The second-order valence-corrected chi connectivity index (χ2v) is 20.5. The topological polar surface area (TPSA) is 418 Å². The molecule has 3 saturated heterocycles. The van der Waals surface area contributed by atoms with E-state index in [-0.39, 0.29) is 56.0 Å². The number of nitrogens with one attached hydrogen (secondary N) is 5. The Morgan fingerprint density at radius 1 is 0.725 bits per heavy atom. The number of phenols is 1. The standard InChI is InChI=1S/C54H77N9O17/c1-3-4-5-6-7-21-79-35-15-12-30-23-32(9-8-31(30)24-35)47(72)57-36-26-40(69)52(80-22-19-56)61-51(76)44-39(68)17-20-62(44)54(78)42(38(67)16-18-55)59-50(75)43(46(71)45(70)29-10-13-33(65)14-11-29)60-49(74)37-25-34(66)27-63(37)53(77)41(28(2)64)58-48(36)73/h8-15,23-24,28,34,36-46,52,64-71H,3-7,16-22,25-27,55-56H2,1-2H3,(H,57,72)(H,58,73)(H,59,75)(H,60,74)(H,61,76)/t28-,34-,36+,37+,38-,39+,40-,41+,42+,43+,44+,45-,46+,52-/m1/s1. The average molecular weight is 1120 g/mol. The number of aliphatic hydroxyl groups excluding tert-OH is 7. The summed E-state index contributed by atoms with van der Waals surface area (Å²) in [6.07, 6.45) is -11.3. The number of ether oxygens (including phenoxy) is 2. The van der Waals surface area contributed by atoms with Crippen LogP contribution in [0, 0.1) is 0 Å². The maximum atomic E-state index is 14.6. The number of hydrogen-bond acceptors (Lipinski definition) is 19. The maximum absolute atomic E-state index is 14.6. The van der Waals surface area contributed by atoms with E-state index in [0.717, 1.165) is 66.3 Å². The first-order chi connectivity index (χ1) is 38.2. The summed E-state index contributed by atoms with van der Waals surface area (Å²) in [6, 6.07) is 3.11. The molecule has 0 saturated carbocycles. The monoisotopic (exact) mass is 1120 g/mol. The number of benzene rings is 3. The van der Waals surface area contributed by atoms with Crippen LogP contribution in [0.1, 0.15) is 93.7 Å². The molecule has 0 spiro atoms. The van der Waals surface area contributed by atoms with Gasteiger partial charge < -0.3 is 98.2 Å². The lowest BCUT2D eigenvalue weighted by atomic mass is 9.96. The van der Waals surface area contributed by atoms with Crippen LogP contribution >= 0.6 is 0 Å². The molecule has 7 amide bonds. The summed E-state index contributed by atoms with van der Waals surface area (Å²) in [5.74, 6) is -7.76. The average Bonchev–Trinajstić information content (AvgIpc) is 4.03. The molecule has 3 fully saturated rings. The number of unbranched alkanes of at least 4 members (excludes halogenated alkanes) is 4. The van der Waals surface area contributed by atoms with Gasteiger partial charge in [0.25, 0.3) is 5.91 Å². The number of rotatable bonds is 19. The SMILES string of the molecule is CCCCCCCOc1ccc2cc(C(=O)N[C@H]3C[C@@H](O)[C@@H](OCCN)NC(=O)[C@@H]4[C@@H](O)CCN4C(=O)[C@H]([C@H](O)CCN)NC(=O)[C@H]([C@H](O)[C@H](O)c4ccc(O)cc4)NC(=O)[C@@H]4C[C@@H](O)CN4C(=O)[C@H]([C@@H](C)O)NC3=O)ccc2c1. The maximum Gasteiger partial charge on any atom is 0.251 e. The lowest BCUT2D eigenvalue weighted by Crippen LogP contribution is -2.64. The smallest absolute Gasteiger partial charge is 0.251 e. The minimum Gasteiger partial charge on any atom is -0.508 e. The molecule has 3 aliphatic heterocycles. The van der Waals surface area contributed by atoms with E-state index < -0.39 is 146 Å². The van der Waals surface area contributed by atoms with Crippen LogP contribution in [0.15, 0.2) is 60.7 Å². The van der Waals surface area contributed by atoms with E-state index in [1.54, 1.807) is 24.3 Å². The van der Waals surface area contributed by atoms with E-state index in [4.69, 9.17) is 20.9 Å². The highest BCUT2D eigenvalue weighted by atomic mass is 16.5. The molecule has 0 unspecified atom stereocenters. The number of nitrogens with two attached hydrogens (primary N) is 2. The Bertz CT molecular complexity index is 2610. The van der Waals surface area contributed by atoms with Crippen LogP contribution in [0.2, 0.25) is 0 Å². The third kappa shape index (κ3) is 15.9. The van der Waals surface area contributed by atoms with Crippen molar-refractivity contribution in [3.05, 3.63) is 71.8 Å². The summed E-state index contributed by atoms with van der Waals surface area (Å²) in [5.41, 5.74) is 11.5. The fraction of sp³-hybridized carbons (Fsp3) is 0.574. The van der Waals surface area contributed by atoms with Gasteiger partial charge in [0.2, 0.25) is 35.4 Å². The van der Waals surface area contributed by atoms with Gasteiger partial charge in [-0.25, -0.2) is 0 Å². The van der Waals surface area contributed by atoms with Gasteiger partial charge in [-0.15, -0.1) is 0 Å². The lowest BCUT2D eigenvalue weighted by molar-refractivity contribution is -0.149. The number of phenolic OH excluding ortho intramolecular Hbond substituents is 1. The second kappa shape index (κ2) is 29.2. The highest BCUT2D eigenvalue weighted by Crippen LogP contribution is 2.27. The molecule has 17 N–H and O–H groups in total. The van der Waals surface area contributed by atoms with Crippen LogP contribution < -0.4 is 42.8 Å². The zero-order valence-corrected chi connectivity index (χ0v) is 44.8. The van der Waals surface area contributed by atoms with Crippen molar-refractivity contribution in [3.63, 3.8) is 0 Å². The molecule has 0 aliphatic carbocycles. The predicted molar refractivity (Wildman–Crippen MR) is 285 cm³/mol. The van der Waals surface area contributed by atoms with Crippen molar-refractivity contribution in [1.29, 1.82) is 0 Å². The Morgan fingerprint density at radius 2 is 1.39 bits per heavy atom. The highest BCUT2D eigenvalue weighted by molar-refractivity contribution is 6.02. The summed E-state index contributed by atoms with van der Waals surface area (Å²) >= 11 is 0. The van der Waals surface area contributed by atoms with E-state index in [0.29, 0.717) is 17.7 Å². The Morgan fingerprint density at radius 3 is 2.08 bits per heavy atom. The third-order valence-corrected chi connectivity index (χ3v) is 14.5. The molecule has 440 valence electrons. The molecule has 0 radical (unpaired) electrons. The van der Waals surface area contributed by atoms with Gasteiger partial charge in [0.1, 0.15) is 66.1 Å². The molecule has 6 rings (SSSR count). The first-order valence-electron chi connectivity index (χ1n) is 27.0. The van der Waals surface area contributed by atoms with Crippen LogP contribution in [0.25, 0.3) is 10.8 Å². The fourth-order valence-corrected chi connectivity index (χ4v) is 10.0. The van der Waals surface area contributed by atoms with Crippen molar-refractivity contribution in [1.82, 2.24) is 36.4 Å². The van der Waals surface area contributed by atoms with Gasteiger partial charge in [-0.1, -0.05) is 56.9 Å². The number of hydrogen-bond donors (Lipinski definition) is 15. The molecule has 0 aromatic heterocycles. The summed E-state index contributed by atoms with van der Waals surface area (Å²) in [5, 5.41) is 103. The fourth-order valence-electron chi connectivity index (χ4n) is 10.0. The van der Waals surface area contributed by atoms with E-state index in [9.17, 15) is 74.4 Å². The van der Waals surface area contributed by atoms with Crippen molar-refractivity contribution >= 4 is 52.1 Å². The van der Waals surface area contributed by atoms with Crippen LogP contribution in [0.5, 0.6) is 11.5 Å². The van der Waals surface area contributed by atoms with Gasteiger partial charge in [0, 0.05) is 38.0 Å². The number of aliphatic hydroxyl groups is 7. The summed E-state index contributed by atoms with van der Waals surface area (Å²) in [6.45, 7) is 2.09. The Hall–Kier alpha value is -6.59. The van der Waals surface area contributed by atoms with Gasteiger partial charge in [-0.2, -0.15) is 0 Å². The molecule has 26 nitrogen and oxygen atoms in total. The molecule has 0 bridgehead atoms. The Kier molecular flexibility index (Phi) is 22.9. The molecule has 26 heteroatoms.